The molecule has 0 radical (unpaired) electrons. The van der Waals surface area contributed by atoms with Gasteiger partial charge in [0.15, 0.2) is 0 Å². The number of rotatable bonds is 5. The van der Waals surface area contributed by atoms with Crippen LogP contribution in [-0.4, -0.2) is 30.0 Å². The zero-order valence-electron chi connectivity index (χ0n) is 11.7. The number of aliphatic carboxylic acids is 1. The second-order valence-electron chi connectivity index (χ2n) is 4.87. The van der Waals surface area contributed by atoms with Crippen LogP contribution in [0.5, 0.6) is 5.75 Å². The highest BCUT2D eigenvalue weighted by atomic mass is 16.5. The molecule has 2 amide bonds. The Balaban J connectivity index is 2.08. The van der Waals surface area contributed by atoms with Crippen molar-refractivity contribution in [1.82, 2.24) is 0 Å². The van der Waals surface area contributed by atoms with Crippen LogP contribution < -0.4 is 15.4 Å². The number of amides is 2. The lowest BCUT2D eigenvalue weighted by atomic mass is 10.2. The van der Waals surface area contributed by atoms with Gasteiger partial charge in [0.25, 0.3) is 0 Å². The first kappa shape index (κ1) is 14.8. The average molecular weight is 292 g/mol. The van der Waals surface area contributed by atoms with E-state index in [0.717, 1.165) is 0 Å². The SMILES string of the molecule is COc1ccc(NC(=O)C2CC2C(=O)O)cc1NC(C)=O. The quantitative estimate of drug-likeness (QED) is 0.759. The molecule has 0 aliphatic heterocycles. The first-order chi connectivity index (χ1) is 9.92. The van der Waals surface area contributed by atoms with E-state index in [1.165, 1.54) is 14.0 Å². The summed E-state index contributed by atoms with van der Waals surface area (Å²) < 4.78 is 5.11. The van der Waals surface area contributed by atoms with Crippen molar-refractivity contribution < 1.29 is 24.2 Å². The lowest BCUT2D eigenvalue weighted by molar-refractivity contribution is -0.139. The fourth-order valence-electron chi connectivity index (χ4n) is 2.07. The van der Waals surface area contributed by atoms with Gasteiger partial charge in [0, 0.05) is 12.6 Å². The number of carbonyl (C=O) groups excluding carboxylic acids is 2. The Bertz CT molecular complexity index is 599. The summed E-state index contributed by atoms with van der Waals surface area (Å²) in [5, 5.41) is 14.1. The van der Waals surface area contributed by atoms with Gasteiger partial charge in [-0.25, -0.2) is 0 Å². The summed E-state index contributed by atoms with van der Waals surface area (Å²) in [5.41, 5.74) is 0.911. The van der Waals surface area contributed by atoms with E-state index in [2.05, 4.69) is 10.6 Å². The number of anilines is 2. The summed E-state index contributed by atoms with van der Waals surface area (Å²) >= 11 is 0. The molecule has 1 fully saturated rings. The van der Waals surface area contributed by atoms with Crippen molar-refractivity contribution in [2.45, 2.75) is 13.3 Å². The van der Waals surface area contributed by atoms with Crippen molar-refractivity contribution >= 4 is 29.2 Å². The number of carboxylic acid groups (broad SMARTS) is 1. The molecule has 0 spiro atoms. The second-order valence-corrected chi connectivity index (χ2v) is 4.87. The van der Waals surface area contributed by atoms with Crippen LogP contribution in [-0.2, 0) is 14.4 Å². The maximum Gasteiger partial charge on any atom is 0.307 e. The molecule has 0 saturated heterocycles. The predicted octanol–water partition coefficient (Wildman–Crippen LogP) is 1.31. The normalized spacial score (nSPS) is 19.5. The summed E-state index contributed by atoms with van der Waals surface area (Å²) in [7, 11) is 1.47. The van der Waals surface area contributed by atoms with E-state index < -0.39 is 17.8 Å². The van der Waals surface area contributed by atoms with Gasteiger partial charge >= 0.3 is 5.97 Å². The molecule has 2 rings (SSSR count). The minimum Gasteiger partial charge on any atom is -0.495 e. The number of hydrogen-bond acceptors (Lipinski definition) is 4. The number of benzene rings is 1. The minimum absolute atomic E-state index is 0.259. The molecule has 0 heterocycles. The Morgan fingerprint density at radius 1 is 1.24 bits per heavy atom. The third kappa shape index (κ3) is 3.50. The maximum atomic E-state index is 11.9. The summed E-state index contributed by atoms with van der Waals surface area (Å²) in [4.78, 5) is 33.8. The van der Waals surface area contributed by atoms with Crippen LogP contribution in [0.25, 0.3) is 0 Å². The van der Waals surface area contributed by atoms with E-state index in [1.54, 1.807) is 18.2 Å². The van der Waals surface area contributed by atoms with Crippen LogP contribution in [0.1, 0.15) is 13.3 Å². The van der Waals surface area contributed by atoms with Crippen molar-refractivity contribution in [3.63, 3.8) is 0 Å². The highest BCUT2D eigenvalue weighted by Gasteiger charge is 2.48. The molecule has 1 aliphatic rings. The van der Waals surface area contributed by atoms with Crippen molar-refractivity contribution in [2.75, 3.05) is 17.7 Å². The first-order valence-electron chi connectivity index (χ1n) is 6.41. The van der Waals surface area contributed by atoms with E-state index in [9.17, 15) is 14.4 Å². The Kier molecular flexibility index (Phi) is 4.11. The van der Waals surface area contributed by atoms with Crippen molar-refractivity contribution in [1.29, 1.82) is 0 Å². The number of carbonyl (C=O) groups is 3. The number of hydrogen-bond donors (Lipinski definition) is 3. The summed E-state index contributed by atoms with van der Waals surface area (Å²) in [6.07, 6.45) is 0.357. The summed E-state index contributed by atoms with van der Waals surface area (Å²) in [5.74, 6) is -2.17. The molecule has 112 valence electrons. The Hall–Kier alpha value is -2.57. The third-order valence-electron chi connectivity index (χ3n) is 3.22. The van der Waals surface area contributed by atoms with Crippen molar-refractivity contribution in [3.05, 3.63) is 18.2 Å². The van der Waals surface area contributed by atoms with Crippen LogP contribution in [0.4, 0.5) is 11.4 Å². The van der Waals surface area contributed by atoms with Gasteiger partial charge in [0.1, 0.15) is 5.75 Å². The van der Waals surface area contributed by atoms with Crippen LogP contribution in [0, 0.1) is 11.8 Å². The number of ether oxygens (including phenoxy) is 1. The standard InChI is InChI=1S/C14H16N2O5/c1-7(17)15-11-5-8(3-4-12(11)21-2)16-13(18)9-6-10(9)14(19)20/h3-5,9-10H,6H2,1-2H3,(H,15,17)(H,16,18)(H,19,20). The van der Waals surface area contributed by atoms with Crippen LogP contribution in [0.15, 0.2) is 18.2 Å². The molecule has 1 aromatic carbocycles. The molecule has 2 unspecified atom stereocenters. The van der Waals surface area contributed by atoms with Gasteiger partial charge in [-0.3, -0.25) is 14.4 Å². The molecule has 21 heavy (non-hydrogen) atoms. The molecule has 2 atom stereocenters. The average Bonchev–Trinajstić information content (AvgIpc) is 3.18. The zero-order valence-corrected chi connectivity index (χ0v) is 11.7. The molecule has 7 heteroatoms. The topological polar surface area (TPSA) is 105 Å². The third-order valence-corrected chi connectivity index (χ3v) is 3.22. The lowest BCUT2D eigenvalue weighted by Crippen LogP contribution is -2.17. The van der Waals surface area contributed by atoms with Crippen LogP contribution >= 0.6 is 0 Å². The number of methoxy groups -OCH3 is 1. The van der Waals surface area contributed by atoms with Gasteiger partial charge < -0.3 is 20.5 Å². The van der Waals surface area contributed by atoms with E-state index in [4.69, 9.17) is 9.84 Å². The van der Waals surface area contributed by atoms with Crippen LogP contribution in [0.2, 0.25) is 0 Å². The monoisotopic (exact) mass is 292 g/mol. The molecule has 1 saturated carbocycles. The highest BCUT2D eigenvalue weighted by Crippen LogP contribution is 2.39. The predicted molar refractivity (Wildman–Crippen MR) is 75.2 cm³/mol. The Morgan fingerprint density at radius 2 is 1.95 bits per heavy atom. The summed E-state index contributed by atoms with van der Waals surface area (Å²) in [6.45, 7) is 1.37. The second kappa shape index (κ2) is 5.82. The largest absolute Gasteiger partial charge is 0.495 e. The first-order valence-corrected chi connectivity index (χ1v) is 6.41. The number of nitrogens with one attached hydrogen (secondary N) is 2. The fourth-order valence-corrected chi connectivity index (χ4v) is 2.07. The van der Waals surface area contributed by atoms with Crippen molar-refractivity contribution in [3.8, 4) is 5.75 Å². The molecule has 0 bridgehead atoms. The number of carboxylic acids is 1. The zero-order chi connectivity index (χ0) is 15.6. The van der Waals surface area contributed by atoms with Gasteiger partial charge in [-0.05, 0) is 24.6 Å². The van der Waals surface area contributed by atoms with E-state index in [1.807, 2.05) is 0 Å². The lowest BCUT2D eigenvalue weighted by Gasteiger charge is -2.11. The molecule has 7 nitrogen and oxygen atoms in total. The maximum absolute atomic E-state index is 11.9. The Labute approximate surface area is 121 Å². The molecule has 1 aliphatic carbocycles. The minimum atomic E-state index is -0.955. The van der Waals surface area contributed by atoms with E-state index in [-0.39, 0.29) is 11.8 Å². The smallest absolute Gasteiger partial charge is 0.307 e. The van der Waals surface area contributed by atoms with Gasteiger partial charge in [-0.15, -0.1) is 0 Å². The van der Waals surface area contributed by atoms with E-state index in [0.29, 0.717) is 23.5 Å². The van der Waals surface area contributed by atoms with Crippen LogP contribution in [0.3, 0.4) is 0 Å². The van der Waals surface area contributed by atoms with Gasteiger partial charge in [-0.1, -0.05) is 0 Å². The summed E-state index contributed by atoms with van der Waals surface area (Å²) in [6, 6.07) is 4.80. The van der Waals surface area contributed by atoms with Crippen molar-refractivity contribution in [2.24, 2.45) is 11.8 Å². The Morgan fingerprint density at radius 3 is 2.48 bits per heavy atom. The van der Waals surface area contributed by atoms with Gasteiger partial charge in [-0.2, -0.15) is 0 Å². The molecule has 1 aromatic rings. The molecular formula is C14H16N2O5. The van der Waals surface area contributed by atoms with Gasteiger partial charge in [0.05, 0.1) is 24.6 Å². The molecule has 3 N–H and O–H groups in total. The van der Waals surface area contributed by atoms with Gasteiger partial charge in [0.2, 0.25) is 11.8 Å². The highest BCUT2D eigenvalue weighted by molar-refractivity contribution is 5.99. The van der Waals surface area contributed by atoms with E-state index >= 15 is 0 Å². The molecule has 0 aromatic heterocycles. The fraction of sp³-hybridized carbons (Fsp3) is 0.357. The molecular weight excluding hydrogens is 276 g/mol.